The number of piperidine rings is 1. The number of carbonyl (C=O) groups excluding carboxylic acids is 2. The number of benzene rings is 1. The van der Waals surface area contributed by atoms with E-state index in [4.69, 9.17) is 0 Å². The van der Waals surface area contributed by atoms with Crippen molar-refractivity contribution in [3.63, 3.8) is 0 Å². The minimum atomic E-state index is -4.82. The summed E-state index contributed by atoms with van der Waals surface area (Å²) in [7, 11) is -1.54. The molecule has 26 heavy (non-hydrogen) atoms. The fourth-order valence-corrected chi connectivity index (χ4v) is 3.65. The molecule has 1 saturated heterocycles. The summed E-state index contributed by atoms with van der Waals surface area (Å²) in [5.74, 6) is -4.44. The van der Waals surface area contributed by atoms with Crippen molar-refractivity contribution in [1.29, 1.82) is 0 Å². The third-order valence-corrected chi connectivity index (χ3v) is 5.64. The summed E-state index contributed by atoms with van der Waals surface area (Å²) in [5, 5.41) is 2.44. The Hall–Kier alpha value is -2.23. The lowest BCUT2D eigenvalue weighted by molar-refractivity contribution is -0.121. The van der Waals surface area contributed by atoms with Gasteiger partial charge in [0.05, 0.1) is 10.6 Å². The Balaban J connectivity index is 2.07. The highest BCUT2D eigenvalue weighted by molar-refractivity contribution is 7.91. The molecule has 0 spiro atoms. The Kier molecular flexibility index (Phi) is 6.17. The zero-order valence-electron chi connectivity index (χ0n) is 14.5. The molecule has 0 radical (unpaired) electrons. The van der Waals surface area contributed by atoms with Crippen LogP contribution in [0.4, 0.5) is 19.3 Å². The van der Waals surface area contributed by atoms with Crippen LogP contribution in [-0.2, 0) is 14.6 Å². The second kappa shape index (κ2) is 7.98. The number of urea groups is 1. The van der Waals surface area contributed by atoms with Gasteiger partial charge in [0.25, 0.3) is 0 Å². The molecule has 1 N–H and O–H groups in total. The minimum Gasteiger partial charge on any atom is -0.331 e. The monoisotopic (exact) mass is 389 g/mol. The quantitative estimate of drug-likeness (QED) is 0.854. The zero-order chi connectivity index (χ0) is 19.5. The van der Waals surface area contributed by atoms with Gasteiger partial charge in [0.2, 0.25) is 15.7 Å². The van der Waals surface area contributed by atoms with Crippen LogP contribution in [0.2, 0.25) is 0 Å². The number of carbonyl (C=O) groups is 2. The molecule has 3 amide bonds. The third-order valence-electron chi connectivity index (χ3n) is 4.20. The number of alkyl halides is 2. The van der Waals surface area contributed by atoms with Crippen molar-refractivity contribution in [3.8, 4) is 0 Å². The van der Waals surface area contributed by atoms with Crippen molar-refractivity contribution in [3.05, 3.63) is 24.3 Å². The van der Waals surface area contributed by atoms with Crippen LogP contribution >= 0.6 is 0 Å². The second-order valence-corrected chi connectivity index (χ2v) is 8.12. The average molecular weight is 389 g/mol. The van der Waals surface area contributed by atoms with Gasteiger partial charge in [-0.05, 0) is 25.0 Å². The summed E-state index contributed by atoms with van der Waals surface area (Å²) < 4.78 is 49.1. The Morgan fingerprint density at radius 1 is 1.19 bits per heavy atom. The standard InChI is InChI=1S/C16H21F2N3O4S/c1-20(2)16(23)21-9-7-11(8-10-21)14(22)19-12-5-3-4-6-13(12)26(24,25)15(17)18/h3-6,11,15H,7-10H2,1-2H3,(H,19,22). The van der Waals surface area contributed by atoms with Crippen LogP contribution in [0.15, 0.2) is 29.2 Å². The number of sulfone groups is 1. The van der Waals surface area contributed by atoms with E-state index in [1.54, 1.807) is 19.0 Å². The Bertz CT molecular complexity index is 775. The Morgan fingerprint density at radius 3 is 2.31 bits per heavy atom. The van der Waals surface area contributed by atoms with Crippen molar-refractivity contribution in [2.75, 3.05) is 32.5 Å². The lowest BCUT2D eigenvalue weighted by atomic mass is 9.96. The number of nitrogens with zero attached hydrogens (tertiary/aromatic N) is 2. The summed E-state index contributed by atoms with van der Waals surface area (Å²) in [4.78, 5) is 26.8. The fraction of sp³-hybridized carbons (Fsp3) is 0.500. The predicted molar refractivity (Wildman–Crippen MR) is 91.6 cm³/mol. The molecule has 1 aliphatic rings. The van der Waals surface area contributed by atoms with Crippen molar-refractivity contribution in [1.82, 2.24) is 9.80 Å². The summed E-state index contributed by atoms with van der Waals surface area (Å²) in [5.41, 5.74) is -0.162. The highest BCUT2D eigenvalue weighted by Gasteiger charge is 2.32. The lowest BCUT2D eigenvalue weighted by Crippen LogP contribution is -2.45. The van der Waals surface area contributed by atoms with Crippen LogP contribution < -0.4 is 5.32 Å². The number of nitrogens with one attached hydrogen (secondary N) is 1. The van der Waals surface area contributed by atoms with Gasteiger partial charge >= 0.3 is 11.8 Å². The largest absolute Gasteiger partial charge is 0.341 e. The van der Waals surface area contributed by atoms with E-state index in [2.05, 4.69) is 5.32 Å². The van der Waals surface area contributed by atoms with Crippen LogP contribution in [0.25, 0.3) is 0 Å². The molecule has 0 aromatic heterocycles. The van der Waals surface area contributed by atoms with E-state index in [0.717, 1.165) is 6.07 Å². The van der Waals surface area contributed by atoms with E-state index in [1.165, 1.54) is 23.1 Å². The molecule has 0 unspecified atom stereocenters. The summed E-state index contributed by atoms with van der Waals surface area (Å²) in [6, 6.07) is 4.94. The molecular formula is C16H21F2N3O4S. The van der Waals surface area contributed by atoms with Gasteiger partial charge in [-0.1, -0.05) is 12.1 Å². The molecule has 1 heterocycles. The van der Waals surface area contributed by atoms with E-state index in [0.29, 0.717) is 25.9 Å². The third kappa shape index (κ3) is 4.29. The first-order valence-electron chi connectivity index (χ1n) is 8.02. The van der Waals surface area contributed by atoms with Gasteiger partial charge in [-0.2, -0.15) is 8.78 Å². The first-order valence-corrected chi connectivity index (χ1v) is 9.57. The van der Waals surface area contributed by atoms with Crippen LogP contribution in [-0.4, -0.2) is 63.1 Å². The normalized spacial score (nSPS) is 15.8. The maximum atomic E-state index is 12.8. The summed E-state index contributed by atoms with van der Waals surface area (Å²) in [6.07, 6.45) is 0.824. The van der Waals surface area contributed by atoms with Crippen LogP contribution in [0.1, 0.15) is 12.8 Å². The molecule has 0 bridgehead atoms. The molecule has 10 heteroatoms. The average Bonchev–Trinajstić information content (AvgIpc) is 2.61. The van der Waals surface area contributed by atoms with Gasteiger partial charge < -0.3 is 15.1 Å². The molecule has 1 aliphatic heterocycles. The second-order valence-electron chi connectivity index (χ2n) is 6.23. The SMILES string of the molecule is CN(C)C(=O)N1CCC(C(=O)Nc2ccccc2S(=O)(=O)C(F)F)CC1. The van der Waals surface area contributed by atoms with Crippen molar-refractivity contribution < 1.29 is 26.8 Å². The molecule has 0 atom stereocenters. The number of amides is 3. The van der Waals surface area contributed by atoms with E-state index in [9.17, 15) is 26.8 Å². The summed E-state index contributed by atoms with van der Waals surface area (Å²) in [6.45, 7) is 0.790. The van der Waals surface area contributed by atoms with Gasteiger partial charge in [-0.25, -0.2) is 13.2 Å². The van der Waals surface area contributed by atoms with Crippen molar-refractivity contribution in [2.45, 2.75) is 23.5 Å². The molecule has 0 aliphatic carbocycles. The molecule has 0 saturated carbocycles. The number of rotatable bonds is 4. The van der Waals surface area contributed by atoms with Gasteiger partial charge in [0, 0.05) is 33.1 Å². The van der Waals surface area contributed by atoms with Crippen molar-refractivity contribution in [2.24, 2.45) is 5.92 Å². The molecule has 7 nitrogen and oxygen atoms in total. The molecular weight excluding hydrogens is 368 g/mol. The predicted octanol–water partition coefficient (Wildman–Crippen LogP) is 2.01. The smallest absolute Gasteiger partial charge is 0.331 e. The van der Waals surface area contributed by atoms with Gasteiger partial charge in [-0.15, -0.1) is 0 Å². The molecule has 1 aromatic carbocycles. The number of likely N-dealkylation sites (tertiary alicyclic amines) is 1. The van der Waals surface area contributed by atoms with Crippen LogP contribution in [0.5, 0.6) is 0 Å². The van der Waals surface area contributed by atoms with Gasteiger partial charge in [0.1, 0.15) is 0 Å². The maximum Gasteiger partial charge on any atom is 0.341 e. The summed E-state index contributed by atoms with van der Waals surface area (Å²) >= 11 is 0. The van der Waals surface area contributed by atoms with E-state index in [1.807, 2.05) is 0 Å². The fourth-order valence-electron chi connectivity index (χ4n) is 2.76. The van der Waals surface area contributed by atoms with Crippen LogP contribution in [0, 0.1) is 5.92 Å². The van der Waals surface area contributed by atoms with Crippen LogP contribution in [0.3, 0.4) is 0 Å². The van der Waals surface area contributed by atoms with Crippen molar-refractivity contribution >= 4 is 27.5 Å². The molecule has 1 fully saturated rings. The minimum absolute atomic E-state index is 0.141. The Morgan fingerprint density at radius 2 is 1.77 bits per heavy atom. The molecule has 1 aromatic rings. The lowest BCUT2D eigenvalue weighted by Gasteiger charge is -2.33. The van der Waals surface area contributed by atoms with E-state index in [-0.39, 0.29) is 11.7 Å². The first-order chi connectivity index (χ1) is 12.1. The first kappa shape index (κ1) is 20.1. The maximum absolute atomic E-state index is 12.8. The number of para-hydroxylation sites is 1. The number of halogens is 2. The Labute approximate surface area is 150 Å². The van der Waals surface area contributed by atoms with Gasteiger partial charge in [0.15, 0.2) is 0 Å². The van der Waals surface area contributed by atoms with E-state index >= 15 is 0 Å². The number of hydrogen-bond donors (Lipinski definition) is 1. The highest BCUT2D eigenvalue weighted by Crippen LogP contribution is 2.27. The number of hydrogen-bond acceptors (Lipinski definition) is 4. The number of anilines is 1. The molecule has 2 rings (SSSR count). The molecule has 144 valence electrons. The zero-order valence-corrected chi connectivity index (χ0v) is 15.3. The van der Waals surface area contributed by atoms with E-state index < -0.39 is 32.3 Å². The topological polar surface area (TPSA) is 86.8 Å². The highest BCUT2D eigenvalue weighted by atomic mass is 32.2. The van der Waals surface area contributed by atoms with Gasteiger partial charge in [-0.3, -0.25) is 4.79 Å².